The average Bonchev–Trinajstić information content (AvgIpc) is 2.71. The molecule has 3 unspecified atom stereocenters. The van der Waals surface area contributed by atoms with Crippen LogP contribution in [-0.2, 0) is 0 Å². The highest BCUT2D eigenvalue weighted by Gasteiger charge is 2.32. The van der Waals surface area contributed by atoms with Crippen molar-refractivity contribution in [2.24, 2.45) is 0 Å². The molecule has 0 aromatic heterocycles. The Morgan fingerprint density at radius 2 is 2.05 bits per heavy atom. The van der Waals surface area contributed by atoms with Crippen molar-refractivity contribution in [1.29, 1.82) is 0 Å². The van der Waals surface area contributed by atoms with Crippen LogP contribution in [0.5, 0.6) is 5.75 Å². The van der Waals surface area contributed by atoms with Gasteiger partial charge in [-0.1, -0.05) is 33.3 Å². The first-order chi connectivity index (χ1) is 9.08. The summed E-state index contributed by atoms with van der Waals surface area (Å²) in [7, 11) is 0. The maximum Gasteiger partial charge on any atom is 0.120 e. The van der Waals surface area contributed by atoms with Gasteiger partial charge < -0.3 is 10.4 Å². The molecule has 0 saturated carbocycles. The number of benzene rings is 1. The minimum Gasteiger partial charge on any atom is -0.508 e. The van der Waals surface area contributed by atoms with Gasteiger partial charge in [-0.3, -0.25) is 0 Å². The van der Waals surface area contributed by atoms with Gasteiger partial charge in [-0.05, 0) is 49.3 Å². The molecule has 0 amide bonds. The molecule has 0 fully saturated rings. The molecule has 19 heavy (non-hydrogen) atoms. The summed E-state index contributed by atoms with van der Waals surface area (Å²) < 4.78 is 0. The van der Waals surface area contributed by atoms with E-state index in [1.165, 1.54) is 24.0 Å². The van der Waals surface area contributed by atoms with Gasteiger partial charge in [0, 0.05) is 17.6 Å². The molecule has 2 nitrogen and oxygen atoms in total. The predicted molar refractivity (Wildman–Crippen MR) is 80.7 cm³/mol. The maximum absolute atomic E-state index is 10.2. The van der Waals surface area contributed by atoms with Crippen molar-refractivity contribution in [3.05, 3.63) is 28.8 Å². The summed E-state index contributed by atoms with van der Waals surface area (Å²) in [4.78, 5) is 0. The highest BCUT2D eigenvalue weighted by atomic mass is 16.3. The smallest absolute Gasteiger partial charge is 0.120 e. The Hall–Kier alpha value is -1.02. The number of nitrogens with one attached hydrogen (secondary N) is 1. The van der Waals surface area contributed by atoms with Crippen LogP contribution in [0.4, 0.5) is 0 Å². The fourth-order valence-corrected chi connectivity index (χ4v) is 3.53. The first-order valence-corrected chi connectivity index (χ1v) is 7.66. The van der Waals surface area contributed by atoms with Crippen LogP contribution in [0.15, 0.2) is 12.1 Å². The summed E-state index contributed by atoms with van der Waals surface area (Å²) >= 11 is 0. The van der Waals surface area contributed by atoms with Crippen LogP contribution >= 0.6 is 0 Å². The monoisotopic (exact) mass is 261 g/mol. The van der Waals surface area contributed by atoms with E-state index in [4.69, 9.17) is 0 Å². The molecule has 0 radical (unpaired) electrons. The molecule has 2 N–H and O–H groups in total. The Labute approximate surface area is 117 Å². The molecule has 0 bridgehead atoms. The molecule has 0 aliphatic heterocycles. The SMILES string of the molecule is CCCC(CC)NC1CC(C)c2c(C)ccc(O)c21. The number of rotatable bonds is 5. The molecule has 1 aliphatic carbocycles. The third-order valence-corrected chi connectivity index (χ3v) is 4.48. The van der Waals surface area contributed by atoms with Crippen molar-refractivity contribution in [2.75, 3.05) is 0 Å². The molecule has 3 atom stereocenters. The zero-order chi connectivity index (χ0) is 14.0. The van der Waals surface area contributed by atoms with Gasteiger partial charge in [-0.2, -0.15) is 0 Å². The predicted octanol–water partition coefficient (Wildman–Crippen LogP) is 4.42. The van der Waals surface area contributed by atoms with E-state index in [2.05, 4.69) is 33.0 Å². The van der Waals surface area contributed by atoms with E-state index in [9.17, 15) is 5.11 Å². The second-order valence-corrected chi connectivity index (χ2v) is 5.98. The van der Waals surface area contributed by atoms with E-state index in [1.54, 1.807) is 0 Å². The Kier molecular flexibility index (Phi) is 4.51. The van der Waals surface area contributed by atoms with Gasteiger partial charge in [0.15, 0.2) is 0 Å². The Morgan fingerprint density at radius 3 is 2.68 bits per heavy atom. The van der Waals surface area contributed by atoms with Crippen LogP contribution in [0.25, 0.3) is 0 Å². The number of fused-ring (bicyclic) bond motifs is 1. The van der Waals surface area contributed by atoms with Crippen LogP contribution in [-0.4, -0.2) is 11.1 Å². The van der Waals surface area contributed by atoms with Gasteiger partial charge in [0.1, 0.15) is 5.75 Å². The van der Waals surface area contributed by atoms with Crippen molar-refractivity contribution in [1.82, 2.24) is 5.32 Å². The van der Waals surface area contributed by atoms with Crippen LogP contribution in [0.1, 0.15) is 75.1 Å². The fourth-order valence-electron chi connectivity index (χ4n) is 3.53. The van der Waals surface area contributed by atoms with Gasteiger partial charge in [-0.15, -0.1) is 0 Å². The lowest BCUT2D eigenvalue weighted by molar-refractivity contribution is 0.381. The number of hydrogen-bond acceptors (Lipinski definition) is 2. The van der Waals surface area contributed by atoms with Crippen LogP contribution in [0.2, 0.25) is 0 Å². The van der Waals surface area contributed by atoms with Crippen LogP contribution in [0.3, 0.4) is 0 Å². The molecule has 2 rings (SSSR count). The fraction of sp³-hybridized carbons (Fsp3) is 0.647. The number of phenols is 1. The topological polar surface area (TPSA) is 32.3 Å². The average molecular weight is 261 g/mol. The van der Waals surface area contributed by atoms with Gasteiger partial charge in [0.25, 0.3) is 0 Å². The highest BCUT2D eigenvalue weighted by Crippen LogP contribution is 2.46. The first kappa shape index (κ1) is 14.4. The summed E-state index contributed by atoms with van der Waals surface area (Å²) in [5.41, 5.74) is 3.83. The Morgan fingerprint density at radius 1 is 1.32 bits per heavy atom. The number of aromatic hydroxyl groups is 1. The number of hydrogen-bond donors (Lipinski definition) is 2. The third kappa shape index (κ3) is 2.79. The lowest BCUT2D eigenvalue weighted by atomic mass is 9.97. The van der Waals surface area contributed by atoms with E-state index < -0.39 is 0 Å². The van der Waals surface area contributed by atoms with E-state index >= 15 is 0 Å². The molecule has 1 aromatic carbocycles. The Bertz CT molecular complexity index is 441. The normalized spacial score (nSPS) is 23.4. The van der Waals surface area contributed by atoms with Crippen molar-refractivity contribution in [2.45, 2.75) is 71.4 Å². The lowest BCUT2D eigenvalue weighted by Crippen LogP contribution is -2.31. The zero-order valence-corrected chi connectivity index (χ0v) is 12.7. The number of phenolic OH excluding ortho intramolecular Hbond substituents is 1. The van der Waals surface area contributed by atoms with Crippen molar-refractivity contribution in [3.8, 4) is 5.75 Å². The van der Waals surface area contributed by atoms with Gasteiger partial charge in [0.2, 0.25) is 0 Å². The largest absolute Gasteiger partial charge is 0.508 e. The van der Waals surface area contributed by atoms with Gasteiger partial charge >= 0.3 is 0 Å². The maximum atomic E-state index is 10.2. The zero-order valence-electron chi connectivity index (χ0n) is 12.7. The molecule has 1 aromatic rings. The first-order valence-electron chi connectivity index (χ1n) is 7.66. The molecule has 1 aliphatic rings. The quantitative estimate of drug-likeness (QED) is 0.822. The molecular formula is C17H27NO. The molecule has 0 saturated heterocycles. The minimum absolute atomic E-state index is 0.321. The molecule has 0 heterocycles. The molecular weight excluding hydrogens is 234 g/mol. The summed E-state index contributed by atoms with van der Waals surface area (Å²) in [6.07, 6.45) is 4.68. The second kappa shape index (κ2) is 5.96. The van der Waals surface area contributed by atoms with Gasteiger partial charge in [0.05, 0.1) is 0 Å². The van der Waals surface area contributed by atoms with Crippen LogP contribution < -0.4 is 5.32 Å². The summed E-state index contributed by atoms with van der Waals surface area (Å²) in [5, 5.41) is 14.0. The lowest BCUT2D eigenvalue weighted by Gasteiger charge is -2.23. The summed E-state index contributed by atoms with van der Waals surface area (Å²) in [6, 6.07) is 4.77. The summed E-state index contributed by atoms with van der Waals surface area (Å²) in [5.74, 6) is 1.01. The standard InChI is InChI=1S/C17H27NO/c1-5-7-13(6-2)18-14-10-12(4)16-11(3)8-9-15(19)17(14)16/h8-9,12-14,18-19H,5-7,10H2,1-4H3. The Balaban J connectivity index is 2.26. The molecule has 0 spiro atoms. The molecule has 106 valence electrons. The molecule has 2 heteroatoms. The van der Waals surface area contributed by atoms with Crippen LogP contribution in [0, 0.1) is 6.92 Å². The minimum atomic E-state index is 0.321. The summed E-state index contributed by atoms with van der Waals surface area (Å²) in [6.45, 7) is 8.90. The highest BCUT2D eigenvalue weighted by molar-refractivity contribution is 5.50. The van der Waals surface area contributed by atoms with Crippen molar-refractivity contribution < 1.29 is 5.11 Å². The van der Waals surface area contributed by atoms with E-state index in [1.807, 2.05) is 12.1 Å². The second-order valence-electron chi connectivity index (χ2n) is 5.98. The van der Waals surface area contributed by atoms with E-state index in [-0.39, 0.29) is 0 Å². The van der Waals surface area contributed by atoms with Gasteiger partial charge in [-0.25, -0.2) is 0 Å². The third-order valence-electron chi connectivity index (χ3n) is 4.48. The number of aryl methyl sites for hydroxylation is 1. The van der Waals surface area contributed by atoms with E-state index in [0.29, 0.717) is 23.8 Å². The van der Waals surface area contributed by atoms with Crippen molar-refractivity contribution in [3.63, 3.8) is 0 Å². The van der Waals surface area contributed by atoms with Crippen molar-refractivity contribution >= 4 is 0 Å². The van der Waals surface area contributed by atoms with E-state index in [0.717, 1.165) is 18.4 Å².